The molecule has 0 heterocycles. The molecule has 0 aromatic heterocycles. The fraction of sp³-hybridized carbons (Fsp3) is 0.278. The van der Waals surface area contributed by atoms with E-state index in [-0.39, 0.29) is 29.5 Å². The molecule has 0 atom stereocenters. The molecule has 0 fully saturated rings. The Labute approximate surface area is 159 Å². The third kappa shape index (κ3) is 6.38. The number of ether oxygens (including phenoxy) is 3. The molecule has 150 valence electrons. The van der Waals surface area contributed by atoms with Crippen molar-refractivity contribution in [3.63, 3.8) is 0 Å². The van der Waals surface area contributed by atoms with Crippen LogP contribution in [0.3, 0.4) is 0 Å². The van der Waals surface area contributed by atoms with Crippen molar-refractivity contribution in [2.75, 3.05) is 20.3 Å². The number of carbonyl (C=O) groups excluding carboxylic acids is 1. The zero-order valence-electron chi connectivity index (χ0n) is 14.9. The molecule has 1 amide bonds. The number of alkyl halides is 2. The number of rotatable bonds is 10. The van der Waals surface area contributed by atoms with Crippen molar-refractivity contribution < 1.29 is 32.7 Å². The van der Waals surface area contributed by atoms with Crippen LogP contribution < -0.4 is 19.5 Å². The van der Waals surface area contributed by atoms with Gasteiger partial charge in [0.05, 0.1) is 18.1 Å². The first-order valence-corrected chi connectivity index (χ1v) is 8.14. The van der Waals surface area contributed by atoms with Crippen LogP contribution in [0.4, 0.5) is 14.5 Å². The standard InChI is InChI=1S/C18H18F2N2O6/c1-26-15-7-4-13(22(24)25)10-16(15)27-11-17(23)21-9-8-12-2-5-14(6-3-12)28-18(19)20/h2-7,10,18H,8-9,11H2,1H3,(H,21,23). The first kappa shape index (κ1) is 20.9. The minimum absolute atomic E-state index is 0.0575. The molecule has 2 rings (SSSR count). The van der Waals surface area contributed by atoms with Crippen molar-refractivity contribution in [3.05, 3.63) is 58.1 Å². The van der Waals surface area contributed by atoms with Crippen LogP contribution in [-0.4, -0.2) is 37.7 Å². The number of hydrogen-bond donors (Lipinski definition) is 1. The number of methoxy groups -OCH3 is 1. The highest BCUT2D eigenvalue weighted by Gasteiger charge is 2.13. The third-order valence-corrected chi connectivity index (χ3v) is 3.60. The average Bonchev–Trinajstić information content (AvgIpc) is 2.67. The van der Waals surface area contributed by atoms with Crippen LogP contribution in [0.1, 0.15) is 5.56 Å². The smallest absolute Gasteiger partial charge is 0.387 e. The Balaban J connectivity index is 1.80. The number of carbonyl (C=O) groups is 1. The number of nitro groups is 1. The Morgan fingerprint density at radius 3 is 2.50 bits per heavy atom. The van der Waals surface area contributed by atoms with Crippen molar-refractivity contribution in [2.24, 2.45) is 0 Å². The lowest BCUT2D eigenvalue weighted by molar-refractivity contribution is -0.385. The molecule has 0 aliphatic carbocycles. The Hall–Kier alpha value is -3.43. The maximum Gasteiger partial charge on any atom is 0.387 e. The van der Waals surface area contributed by atoms with E-state index >= 15 is 0 Å². The van der Waals surface area contributed by atoms with Gasteiger partial charge in [-0.3, -0.25) is 14.9 Å². The van der Waals surface area contributed by atoms with Crippen molar-refractivity contribution >= 4 is 11.6 Å². The molecular formula is C18H18F2N2O6. The van der Waals surface area contributed by atoms with E-state index in [1.807, 2.05) is 0 Å². The summed E-state index contributed by atoms with van der Waals surface area (Å²) in [5.74, 6) is -0.0146. The predicted octanol–water partition coefficient (Wildman–Crippen LogP) is 2.94. The Bertz CT molecular complexity index is 814. The fourth-order valence-electron chi connectivity index (χ4n) is 2.27. The number of hydrogen-bond acceptors (Lipinski definition) is 6. The molecule has 28 heavy (non-hydrogen) atoms. The molecule has 0 bridgehead atoms. The van der Waals surface area contributed by atoms with E-state index in [2.05, 4.69) is 10.1 Å². The zero-order valence-corrected chi connectivity index (χ0v) is 14.9. The van der Waals surface area contributed by atoms with E-state index in [0.29, 0.717) is 13.0 Å². The van der Waals surface area contributed by atoms with Gasteiger partial charge in [-0.25, -0.2) is 0 Å². The molecule has 0 saturated heterocycles. The summed E-state index contributed by atoms with van der Waals surface area (Å²) in [6, 6.07) is 9.90. The highest BCUT2D eigenvalue weighted by atomic mass is 19.3. The Kier molecular flexibility index (Phi) is 7.49. The van der Waals surface area contributed by atoms with Crippen LogP contribution in [-0.2, 0) is 11.2 Å². The van der Waals surface area contributed by atoms with Crippen LogP contribution in [0.15, 0.2) is 42.5 Å². The molecule has 1 N–H and O–H groups in total. The Morgan fingerprint density at radius 2 is 1.89 bits per heavy atom. The second-order valence-electron chi connectivity index (χ2n) is 5.50. The lowest BCUT2D eigenvalue weighted by Crippen LogP contribution is -2.30. The zero-order chi connectivity index (χ0) is 20.5. The summed E-state index contributed by atoms with van der Waals surface area (Å²) in [6.45, 7) is -2.93. The maximum atomic E-state index is 12.1. The highest BCUT2D eigenvalue weighted by Crippen LogP contribution is 2.31. The molecule has 2 aromatic rings. The molecule has 10 heteroatoms. The molecule has 0 spiro atoms. The van der Waals surface area contributed by atoms with Gasteiger partial charge in [0.1, 0.15) is 5.75 Å². The lowest BCUT2D eigenvalue weighted by Gasteiger charge is -2.11. The van der Waals surface area contributed by atoms with E-state index in [1.165, 1.54) is 37.4 Å². The second kappa shape index (κ2) is 10.0. The van der Waals surface area contributed by atoms with Gasteiger partial charge in [0, 0.05) is 12.6 Å². The minimum atomic E-state index is -2.88. The summed E-state index contributed by atoms with van der Waals surface area (Å²) >= 11 is 0. The Morgan fingerprint density at radius 1 is 1.18 bits per heavy atom. The fourth-order valence-corrected chi connectivity index (χ4v) is 2.27. The topological polar surface area (TPSA) is 99.9 Å². The van der Waals surface area contributed by atoms with Crippen LogP contribution >= 0.6 is 0 Å². The number of nitrogens with zero attached hydrogens (tertiary/aromatic N) is 1. The average molecular weight is 396 g/mol. The summed E-state index contributed by atoms with van der Waals surface area (Å²) in [6.07, 6.45) is 0.473. The van der Waals surface area contributed by atoms with Gasteiger partial charge in [-0.1, -0.05) is 12.1 Å². The van der Waals surface area contributed by atoms with E-state index in [0.717, 1.165) is 5.56 Å². The second-order valence-corrected chi connectivity index (χ2v) is 5.50. The number of amides is 1. The van der Waals surface area contributed by atoms with Crippen LogP contribution in [0.2, 0.25) is 0 Å². The monoisotopic (exact) mass is 396 g/mol. The number of non-ortho nitro benzene ring substituents is 1. The lowest BCUT2D eigenvalue weighted by atomic mass is 10.1. The van der Waals surface area contributed by atoms with E-state index in [1.54, 1.807) is 12.1 Å². The first-order chi connectivity index (χ1) is 13.4. The van der Waals surface area contributed by atoms with Gasteiger partial charge in [-0.2, -0.15) is 8.78 Å². The summed E-state index contributed by atoms with van der Waals surface area (Å²) in [5.41, 5.74) is 0.638. The van der Waals surface area contributed by atoms with Crippen molar-refractivity contribution in [2.45, 2.75) is 13.0 Å². The van der Waals surface area contributed by atoms with E-state index in [4.69, 9.17) is 9.47 Å². The molecule has 0 unspecified atom stereocenters. The predicted molar refractivity (Wildman–Crippen MR) is 94.9 cm³/mol. The van der Waals surface area contributed by atoms with E-state index < -0.39 is 17.4 Å². The molecular weight excluding hydrogens is 378 g/mol. The van der Waals surface area contributed by atoms with Crippen LogP contribution in [0.5, 0.6) is 17.2 Å². The van der Waals surface area contributed by atoms with Gasteiger partial charge in [-0.15, -0.1) is 0 Å². The third-order valence-electron chi connectivity index (χ3n) is 3.60. The molecule has 2 aromatic carbocycles. The quantitative estimate of drug-likeness (QED) is 0.490. The van der Waals surface area contributed by atoms with E-state index in [9.17, 15) is 23.7 Å². The molecule has 0 aliphatic rings. The minimum Gasteiger partial charge on any atom is -0.493 e. The van der Waals surface area contributed by atoms with Gasteiger partial charge in [0.2, 0.25) is 0 Å². The number of nitro benzene ring substituents is 1. The molecule has 0 aliphatic heterocycles. The first-order valence-electron chi connectivity index (χ1n) is 8.14. The normalized spacial score (nSPS) is 10.4. The van der Waals surface area contributed by atoms with Crippen LogP contribution in [0.25, 0.3) is 0 Å². The number of halogens is 2. The largest absolute Gasteiger partial charge is 0.493 e. The molecule has 8 nitrogen and oxygen atoms in total. The van der Waals surface area contributed by atoms with Gasteiger partial charge in [-0.05, 0) is 30.2 Å². The van der Waals surface area contributed by atoms with Gasteiger partial charge >= 0.3 is 6.61 Å². The van der Waals surface area contributed by atoms with Gasteiger partial charge < -0.3 is 19.5 Å². The summed E-state index contributed by atoms with van der Waals surface area (Å²) < 4.78 is 38.8. The highest BCUT2D eigenvalue weighted by molar-refractivity contribution is 5.77. The van der Waals surface area contributed by atoms with Crippen molar-refractivity contribution in [1.82, 2.24) is 5.32 Å². The summed E-state index contributed by atoms with van der Waals surface area (Å²) in [4.78, 5) is 22.1. The van der Waals surface area contributed by atoms with Crippen molar-refractivity contribution in [3.8, 4) is 17.2 Å². The summed E-state index contributed by atoms with van der Waals surface area (Å²) in [5, 5.41) is 13.5. The number of benzene rings is 2. The molecule has 0 saturated carbocycles. The van der Waals surface area contributed by atoms with Gasteiger partial charge in [0.15, 0.2) is 18.1 Å². The number of nitrogens with one attached hydrogen (secondary N) is 1. The molecule has 0 radical (unpaired) electrons. The SMILES string of the molecule is COc1ccc([N+](=O)[O-])cc1OCC(=O)NCCc1ccc(OC(F)F)cc1. The summed E-state index contributed by atoms with van der Waals surface area (Å²) in [7, 11) is 1.38. The maximum absolute atomic E-state index is 12.1. The van der Waals surface area contributed by atoms with Crippen molar-refractivity contribution in [1.29, 1.82) is 0 Å². The van der Waals surface area contributed by atoms with Crippen LogP contribution in [0, 0.1) is 10.1 Å². The van der Waals surface area contributed by atoms with Gasteiger partial charge in [0.25, 0.3) is 11.6 Å².